The van der Waals surface area contributed by atoms with Gasteiger partial charge in [0.15, 0.2) is 5.76 Å². The minimum atomic E-state index is -0.246. The zero-order valence-corrected chi connectivity index (χ0v) is 18.4. The van der Waals surface area contributed by atoms with Crippen LogP contribution in [0.5, 0.6) is 0 Å². The Hall–Kier alpha value is -2.55. The predicted molar refractivity (Wildman–Crippen MR) is 120 cm³/mol. The Morgan fingerprint density at radius 3 is 3.00 bits per heavy atom. The number of hydrogen-bond acceptors (Lipinski definition) is 8. The van der Waals surface area contributed by atoms with Crippen LogP contribution in [0.25, 0.3) is 31.9 Å². The van der Waals surface area contributed by atoms with E-state index in [1.807, 2.05) is 12.1 Å². The molecule has 1 fully saturated rings. The van der Waals surface area contributed by atoms with E-state index in [1.54, 1.807) is 23.9 Å². The number of aromatic nitrogens is 3. The van der Waals surface area contributed by atoms with Crippen molar-refractivity contribution >= 4 is 37.6 Å². The van der Waals surface area contributed by atoms with Crippen molar-refractivity contribution in [2.24, 2.45) is 0 Å². The Morgan fingerprint density at radius 1 is 1.26 bits per heavy atom. The van der Waals surface area contributed by atoms with Gasteiger partial charge < -0.3 is 19.2 Å². The molecule has 0 aliphatic carbocycles. The fraction of sp³-hybridized carbons (Fsp3) is 0.435. The van der Waals surface area contributed by atoms with Gasteiger partial charge in [0.2, 0.25) is 0 Å². The molecule has 0 spiro atoms. The van der Waals surface area contributed by atoms with Crippen molar-refractivity contribution < 1.29 is 13.9 Å². The highest BCUT2D eigenvalue weighted by Gasteiger charge is 2.32. The third-order valence-corrected chi connectivity index (χ3v) is 7.18. The number of rotatable bonds is 4. The van der Waals surface area contributed by atoms with Crippen molar-refractivity contribution in [1.82, 2.24) is 15.0 Å². The van der Waals surface area contributed by atoms with Crippen LogP contribution in [0.2, 0.25) is 0 Å². The maximum atomic E-state index is 6.15. The standard InChI is InChI=1S/C23H24N4O3S/c1-23(2)9-14-15(11-30-23)18(16-6-4-8-29-16)27-22-17(14)19-20(31-22)21(26-12-25-19)24-10-13-5-3-7-28-13/h4,6,8,12-13H,3,5,7,9-11H2,1-2H3,(H,24,25,26)/t13-/m0/s1. The Kier molecular flexibility index (Phi) is 4.48. The number of nitrogens with one attached hydrogen (secondary N) is 1. The minimum Gasteiger partial charge on any atom is -0.463 e. The highest BCUT2D eigenvalue weighted by Crippen LogP contribution is 2.44. The van der Waals surface area contributed by atoms with Crippen LogP contribution in [0, 0.1) is 0 Å². The van der Waals surface area contributed by atoms with Crippen molar-refractivity contribution in [3.63, 3.8) is 0 Å². The molecule has 0 aromatic carbocycles. The zero-order chi connectivity index (χ0) is 21.0. The molecule has 1 saturated heterocycles. The first-order valence-electron chi connectivity index (χ1n) is 10.7. The molecule has 160 valence electrons. The van der Waals surface area contributed by atoms with Gasteiger partial charge >= 0.3 is 0 Å². The van der Waals surface area contributed by atoms with Crippen molar-refractivity contribution in [3.05, 3.63) is 35.9 Å². The average molecular weight is 437 g/mol. The van der Waals surface area contributed by atoms with Crippen LogP contribution in [0.4, 0.5) is 5.82 Å². The number of ether oxygens (including phenoxy) is 2. The number of hydrogen-bond donors (Lipinski definition) is 1. The van der Waals surface area contributed by atoms with Gasteiger partial charge in [-0.1, -0.05) is 0 Å². The van der Waals surface area contributed by atoms with Gasteiger partial charge in [-0.15, -0.1) is 11.3 Å². The normalized spacial score (nSPS) is 20.4. The van der Waals surface area contributed by atoms with Gasteiger partial charge in [0, 0.05) is 30.5 Å². The number of thiophene rings is 1. The van der Waals surface area contributed by atoms with E-state index in [2.05, 4.69) is 29.1 Å². The summed E-state index contributed by atoms with van der Waals surface area (Å²) >= 11 is 1.63. The molecule has 1 atom stereocenters. The summed E-state index contributed by atoms with van der Waals surface area (Å²) in [7, 11) is 0. The Morgan fingerprint density at radius 2 is 2.19 bits per heavy atom. The lowest BCUT2D eigenvalue weighted by molar-refractivity contribution is -0.0395. The summed E-state index contributed by atoms with van der Waals surface area (Å²) in [6.07, 6.45) is 6.58. The van der Waals surface area contributed by atoms with Crippen LogP contribution in [-0.2, 0) is 22.5 Å². The molecule has 31 heavy (non-hydrogen) atoms. The molecule has 0 radical (unpaired) electrons. The van der Waals surface area contributed by atoms with E-state index >= 15 is 0 Å². The lowest BCUT2D eigenvalue weighted by Gasteiger charge is -2.32. The predicted octanol–water partition coefficient (Wildman–Crippen LogP) is 4.94. The van der Waals surface area contributed by atoms with Crippen LogP contribution < -0.4 is 5.32 Å². The Bertz CT molecular complexity index is 1260. The number of anilines is 1. The van der Waals surface area contributed by atoms with Gasteiger partial charge in [0.05, 0.1) is 34.8 Å². The number of nitrogens with zero attached hydrogens (tertiary/aromatic N) is 3. The van der Waals surface area contributed by atoms with Gasteiger partial charge in [-0.25, -0.2) is 15.0 Å². The topological polar surface area (TPSA) is 82.3 Å². The highest BCUT2D eigenvalue weighted by atomic mass is 32.1. The molecular weight excluding hydrogens is 412 g/mol. The number of pyridine rings is 1. The summed E-state index contributed by atoms with van der Waals surface area (Å²) < 4.78 is 18.7. The fourth-order valence-electron chi connectivity index (χ4n) is 4.56. The Labute approximate surface area is 183 Å². The first-order valence-corrected chi connectivity index (χ1v) is 11.5. The lowest BCUT2D eigenvalue weighted by Crippen LogP contribution is -2.32. The third-order valence-electron chi connectivity index (χ3n) is 6.10. The van der Waals surface area contributed by atoms with E-state index in [0.29, 0.717) is 6.61 Å². The lowest BCUT2D eigenvalue weighted by atomic mass is 9.89. The van der Waals surface area contributed by atoms with E-state index in [9.17, 15) is 0 Å². The average Bonchev–Trinajstić information content (AvgIpc) is 3.51. The zero-order valence-electron chi connectivity index (χ0n) is 17.6. The summed E-state index contributed by atoms with van der Waals surface area (Å²) in [5.41, 5.74) is 3.91. The van der Waals surface area contributed by atoms with Crippen molar-refractivity contribution in [2.75, 3.05) is 18.5 Å². The van der Waals surface area contributed by atoms with Crippen molar-refractivity contribution in [3.8, 4) is 11.5 Å². The van der Waals surface area contributed by atoms with Gasteiger partial charge in [-0.05, 0) is 44.4 Å². The summed E-state index contributed by atoms with van der Waals surface area (Å²) in [5, 5.41) is 4.61. The van der Waals surface area contributed by atoms with E-state index in [1.165, 1.54) is 5.56 Å². The molecule has 8 heteroatoms. The van der Waals surface area contributed by atoms with Gasteiger partial charge in [0.25, 0.3) is 0 Å². The molecule has 2 aliphatic heterocycles. The summed E-state index contributed by atoms with van der Waals surface area (Å²) in [6.45, 7) is 6.37. The monoisotopic (exact) mass is 436 g/mol. The second-order valence-electron chi connectivity index (χ2n) is 8.82. The van der Waals surface area contributed by atoms with E-state index in [-0.39, 0.29) is 11.7 Å². The second-order valence-corrected chi connectivity index (χ2v) is 9.82. The van der Waals surface area contributed by atoms with Gasteiger partial charge in [0.1, 0.15) is 22.7 Å². The molecule has 0 amide bonds. The molecule has 6 heterocycles. The summed E-state index contributed by atoms with van der Waals surface area (Å²) in [5.74, 6) is 1.62. The summed E-state index contributed by atoms with van der Waals surface area (Å²) in [4.78, 5) is 15.2. The molecule has 4 aromatic rings. The molecule has 1 N–H and O–H groups in total. The van der Waals surface area contributed by atoms with E-state index in [0.717, 1.165) is 75.7 Å². The quantitative estimate of drug-likeness (QED) is 0.485. The van der Waals surface area contributed by atoms with Gasteiger partial charge in [-0.3, -0.25) is 0 Å². The molecule has 6 rings (SSSR count). The Balaban J connectivity index is 1.53. The maximum Gasteiger partial charge on any atom is 0.152 e. The molecular formula is C23H24N4O3S. The summed E-state index contributed by atoms with van der Waals surface area (Å²) in [6, 6.07) is 3.85. The second kappa shape index (κ2) is 7.25. The first kappa shape index (κ1) is 19.2. The van der Waals surface area contributed by atoms with E-state index < -0.39 is 0 Å². The third kappa shape index (κ3) is 3.30. The van der Waals surface area contributed by atoms with Crippen molar-refractivity contribution in [1.29, 1.82) is 0 Å². The number of fused-ring (bicyclic) bond motifs is 5. The smallest absolute Gasteiger partial charge is 0.152 e. The fourth-order valence-corrected chi connectivity index (χ4v) is 5.69. The van der Waals surface area contributed by atoms with Crippen LogP contribution in [-0.4, -0.2) is 39.8 Å². The van der Waals surface area contributed by atoms with Crippen LogP contribution in [0.3, 0.4) is 0 Å². The number of furan rings is 1. The van der Waals surface area contributed by atoms with E-state index in [4.69, 9.17) is 18.9 Å². The molecule has 0 saturated carbocycles. The van der Waals surface area contributed by atoms with Crippen LogP contribution in [0.1, 0.15) is 37.8 Å². The van der Waals surface area contributed by atoms with Crippen molar-refractivity contribution in [2.45, 2.75) is 51.4 Å². The largest absolute Gasteiger partial charge is 0.463 e. The minimum absolute atomic E-state index is 0.244. The van der Waals surface area contributed by atoms with Crippen LogP contribution >= 0.6 is 11.3 Å². The molecule has 2 aliphatic rings. The molecule has 0 unspecified atom stereocenters. The SMILES string of the molecule is CC1(C)Cc2c(c(-c3ccco3)nc3sc4c(NC[C@@H]5CCCO5)ncnc4c23)CO1. The first-order chi connectivity index (χ1) is 15.1. The van der Waals surface area contributed by atoms with Crippen LogP contribution in [0.15, 0.2) is 29.1 Å². The molecule has 4 aromatic heterocycles. The molecule has 7 nitrogen and oxygen atoms in total. The van der Waals surface area contributed by atoms with Gasteiger partial charge in [-0.2, -0.15) is 0 Å². The molecule has 0 bridgehead atoms. The maximum absolute atomic E-state index is 6.15. The highest BCUT2D eigenvalue weighted by molar-refractivity contribution is 7.26.